The van der Waals surface area contributed by atoms with Crippen molar-refractivity contribution >= 4 is 93.8 Å². The van der Waals surface area contributed by atoms with Crippen molar-refractivity contribution in [3.8, 4) is 19.5 Å². The molecule has 0 N–H and O–H groups in total. The predicted molar refractivity (Wildman–Crippen MR) is 247 cm³/mol. The van der Waals surface area contributed by atoms with E-state index in [-0.39, 0.29) is 0 Å². The zero-order valence-corrected chi connectivity index (χ0v) is 40.4. The van der Waals surface area contributed by atoms with E-state index in [9.17, 15) is 0 Å². The van der Waals surface area contributed by atoms with Crippen LogP contribution in [0, 0.1) is 0 Å². The first-order valence-corrected chi connectivity index (χ1v) is 31.1. The average molecular weight is 929 g/mol. The number of thiophene rings is 4. The Balaban J connectivity index is 0.901. The van der Waals surface area contributed by atoms with Crippen molar-refractivity contribution in [2.75, 3.05) is 0 Å². The molecule has 0 aliphatic heterocycles. The number of hydrogen-bond donors (Lipinski definition) is 0. The lowest BCUT2D eigenvalue weighted by atomic mass is 10.1. The molecule has 4 aromatic heterocycles. The molecule has 51 heavy (non-hydrogen) atoms. The fourth-order valence-corrected chi connectivity index (χ4v) is 21.3. The lowest BCUT2D eigenvalue weighted by Gasteiger charge is -2.34. The maximum Gasteiger partial charge on any atom is 0.173 e. The molecule has 0 aromatic carbocycles. The summed E-state index contributed by atoms with van der Waals surface area (Å²) in [6, 6.07) is 20.7. The van der Waals surface area contributed by atoms with Gasteiger partial charge in [0.15, 0.2) is 16.6 Å². The van der Waals surface area contributed by atoms with E-state index in [1.165, 1.54) is 168 Å². The van der Waals surface area contributed by atoms with Gasteiger partial charge in [0.1, 0.15) is 0 Å². The van der Waals surface area contributed by atoms with E-state index in [1.807, 2.05) is 45.3 Å². The third-order valence-corrected chi connectivity index (χ3v) is 23.4. The molecule has 0 aliphatic carbocycles. The predicted octanol–water partition coefficient (Wildman–Crippen LogP) is 18.0. The van der Waals surface area contributed by atoms with Crippen molar-refractivity contribution in [2.24, 2.45) is 0 Å². The topological polar surface area (TPSA) is 9.23 Å². The fourth-order valence-electron chi connectivity index (χ4n) is 7.21. The smallest absolute Gasteiger partial charge is 0.173 e. The largest absolute Gasteiger partial charge is 0.455 e. The molecule has 0 bridgehead atoms. The number of unbranched alkanes of at least 4 members (excludes halogenated alkanes) is 16. The van der Waals surface area contributed by atoms with Crippen LogP contribution in [0.5, 0.6) is 0 Å². The minimum Gasteiger partial charge on any atom is -0.455 e. The van der Waals surface area contributed by atoms with E-state index in [4.69, 9.17) is 4.12 Å². The van der Waals surface area contributed by atoms with Gasteiger partial charge in [-0.05, 0) is 144 Å². The van der Waals surface area contributed by atoms with Crippen LogP contribution in [0.25, 0.3) is 19.5 Å². The molecule has 0 saturated heterocycles. The summed E-state index contributed by atoms with van der Waals surface area (Å²) in [5.74, 6) is 0. The summed E-state index contributed by atoms with van der Waals surface area (Å²) in [6.07, 6.45) is 27.6. The molecule has 0 aliphatic rings. The summed E-state index contributed by atoms with van der Waals surface area (Å²) in [4.78, 5) is 8.69. The van der Waals surface area contributed by atoms with Gasteiger partial charge in [0, 0.05) is 29.3 Å². The summed E-state index contributed by atoms with van der Waals surface area (Å²) in [5, 5.41) is 0. The first-order valence-electron chi connectivity index (χ1n) is 20.0. The Morgan fingerprint density at radius 1 is 0.392 bits per heavy atom. The highest BCUT2D eigenvalue weighted by molar-refractivity contribution is 9.11. The van der Waals surface area contributed by atoms with Crippen molar-refractivity contribution in [1.82, 2.24) is 0 Å². The second kappa shape index (κ2) is 23.9. The van der Waals surface area contributed by atoms with E-state index >= 15 is 0 Å². The second-order valence-electron chi connectivity index (χ2n) is 15.7. The third-order valence-electron chi connectivity index (χ3n) is 9.91. The lowest BCUT2D eigenvalue weighted by Crippen LogP contribution is -2.44. The molecule has 0 amide bonds. The molecule has 0 fully saturated rings. The van der Waals surface area contributed by atoms with Crippen molar-refractivity contribution in [1.29, 1.82) is 0 Å². The standard InChI is InChI=1S/C42H64Br2OS4Si2/c1-50(2,33-21-17-13-9-5-7-11-15-19-23-35-25-27-37(46-35)39-29-31-41(43)48-39)45-51(3,4)34-22-18-14-10-6-8-12-16-20-24-36-26-28-38(47-36)40-30-32-42(44)49-40/h25-32H,5-24,33-34H2,1-4H3. The zero-order chi connectivity index (χ0) is 36.4. The molecule has 0 unspecified atom stereocenters. The molecule has 9 heteroatoms. The van der Waals surface area contributed by atoms with Gasteiger partial charge in [0.2, 0.25) is 0 Å². The number of halogens is 2. The first-order chi connectivity index (χ1) is 24.6. The van der Waals surface area contributed by atoms with Crippen LogP contribution in [0.15, 0.2) is 56.1 Å². The maximum absolute atomic E-state index is 6.98. The summed E-state index contributed by atoms with van der Waals surface area (Å²) in [7, 11) is -3.09. The molecule has 0 saturated carbocycles. The molecular formula is C42H64Br2OS4Si2. The van der Waals surface area contributed by atoms with E-state index in [1.54, 1.807) is 9.75 Å². The Kier molecular flexibility index (Phi) is 20.6. The molecule has 4 rings (SSSR count). The highest BCUT2D eigenvalue weighted by atomic mass is 79.9. The van der Waals surface area contributed by atoms with Crippen molar-refractivity contribution in [3.05, 3.63) is 65.9 Å². The average Bonchev–Trinajstić information content (AvgIpc) is 3.90. The maximum atomic E-state index is 6.98. The number of rotatable bonds is 28. The Bertz CT molecular complexity index is 1390. The lowest BCUT2D eigenvalue weighted by molar-refractivity contribution is 0.515. The molecular weight excluding hydrogens is 865 g/mol. The normalized spacial score (nSPS) is 12.4. The van der Waals surface area contributed by atoms with Crippen LogP contribution in [0.2, 0.25) is 38.3 Å². The van der Waals surface area contributed by atoms with Gasteiger partial charge in [-0.3, -0.25) is 0 Å². The van der Waals surface area contributed by atoms with Gasteiger partial charge in [-0.2, -0.15) is 0 Å². The molecule has 4 heterocycles. The third kappa shape index (κ3) is 18.1. The summed E-state index contributed by atoms with van der Waals surface area (Å²) in [6.45, 7) is 9.95. The minimum absolute atomic E-state index is 1.22. The molecule has 0 radical (unpaired) electrons. The van der Waals surface area contributed by atoms with Crippen LogP contribution < -0.4 is 0 Å². The molecule has 4 aromatic rings. The van der Waals surface area contributed by atoms with Crippen molar-refractivity contribution in [3.63, 3.8) is 0 Å². The van der Waals surface area contributed by atoms with Gasteiger partial charge < -0.3 is 4.12 Å². The van der Waals surface area contributed by atoms with Gasteiger partial charge in [-0.15, -0.1) is 45.3 Å². The van der Waals surface area contributed by atoms with Crippen LogP contribution >= 0.6 is 77.2 Å². The van der Waals surface area contributed by atoms with Crippen molar-refractivity contribution in [2.45, 2.75) is 167 Å². The van der Waals surface area contributed by atoms with Crippen LogP contribution in [0.1, 0.15) is 125 Å². The second-order valence-corrected chi connectivity index (χ2v) is 31.8. The minimum atomic E-state index is -1.55. The van der Waals surface area contributed by atoms with Gasteiger partial charge in [0.25, 0.3) is 0 Å². The van der Waals surface area contributed by atoms with Gasteiger partial charge in [0.05, 0.1) is 7.57 Å². The van der Waals surface area contributed by atoms with E-state index < -0.39 is 16.6 Å². The monoisotopic (exact) mass is 926 g/mol. The van der Waals surface area contributed by atoms with E-state index in [2.05, 4.69) is 107 Å². The Morgan fingerprint density at radius 2 is 0.686 bits per heavy atom. The van der Waals surface area contributed by atoms with E-state index in [0.29, 0.717) is 0 Å². The van der Waals surface area contributed by atoms with Crippen LogP contribution in [-0.2, 0) is 17.0 Å². The zero-order valence-electron chi connectivity index (χ0n) is 32.0. The highest BCUT2D eigenvalue weighted by Gasteiger charge is 2.32. The van der Waals surface area contributed by atoms with Crippen LogP contribution in [0.4, 0.5) is 0 Å². The molecule has 0 spiro atoms. The molecule has 0 atom stereocenters. The highest BCUT2D eigenvalue weighted by Crippen LogP contribution is 2.37. The summed E-state index contributed by atoms with van der Waals surface area (Å²) >= 11 is 14.8. The van der Waals surface area contributed by atoms with Crippen molar-refractivity contribution < 1.29 is 4.12 Å². The summed E-state index contributed by atoms with van der Waals surface area (Å²) < 4.78 is 9.42. The molecule has 1 nitrogen and oxygen atoms in total. The Labute approximate surface area is 347 Å². The van der Waals surface area contributed by atoms with E-state index in [0.717, 1.165) is 0 Å². The Hall–Kier alpha value is 0.154. The summed E-state index contributed by atoms with van der Waals surface area (Å²) in [5.41, 5.74) is 0. The van der Waals surface area contributed by atoms with Gasteiger partial charge >= 0.3 is 0 Å². The number of hydrogen-bond acceptors (Lipinski definition) is 5. The van der Waals surface area contributed by atoms with Gasteiger partial charge in [-0.1, -0.05) is 103 Å². The fraction of sp³-hybridized carbons (Fsp3) is 0.619. The SMILES string of the molecule is C[Si](C)(CCCCCCCCCCCc1ccc(-c2ccc(Br)s2)s1)O[Si](C)(C)CCCCCCCCCCCc1ccc(-c2ccc(Br)s2)s1. The van der Waals surface area contributed by atoms with Crippen LogP contribution in [0.3, 0.4) is 0 Å². The van der Waals surface area contributed by atoms with Gasteiger partial charge in [-0.25, -0.2) is 0 Å². The quantitative estimate of drug-likeness (QED) is 0.0407. The van der Waals surface area contributed by atoms with Crippen LogP contribution in [-0.4, -0.2) is 16.6 Å². The molecule has 284 valence electrons. The first kappa shape index (κ1) is 43.9. The number of aryl methyl sites for hydroxylation is 2. The Morgan fingerprint density at radius 3 is 1.02 bits per heavy atom.